The first-order chi connectivity index (χ1) is 8.39. The number of ketones is 1. The van der Waals surface area contributed by atoms with E-state index in [4.69, 9.17) is 0 Å². The van der Waals surface area contributed by atoms with Crippen LogP contribution < -0.4 is 0 Å². The largest absolute Gasteiger partial charge is 0.302 e. The topological polar surface area (TPSA) is 20.3 Å². The molecule has 3 heteroatoms. The molecule has 1 aliphatic rings. The standard InChI is InChI=1S/C15H29NOS/c1-6-13(11-18-5)16(4)10-12-9-15(2,3)8-7-14(12)17/h12-13H,6-11H2,1-5H3. The number of thioether (sulfide) groups is 1. The molecular weight excluding hydrogens is 242 g/mol. The second-order valence-corrected chi connectivity index (χ2v) is 7.40. The van der Waals surface area contributed by atoms with Gasteiger partial charge in [-0.2, -0.15) is 11.8 Å². The minimum Gasteiger partial charge on any atom is -0.302 e. The first kappa shape index (κ1) is 16.0. The van der Waals surface area contributed by atoms with Crippen molar-refractivity contribution in [3.8, 4) is 0 Å². The van der Waals surface area contributed by atoms with Crippen LogP contribution in [0.2, 0.25) is 0 Å². The summed E-state index contributed by atoms with van der Waals surface area (Å²) in [5.74, 6) is 1.91. The molecule has 1 rings (SSSR count). The van der Waals surface area contributed by atoms with Crippen LogP contribution in [-0.2, 0) is 4.79 Å². The third-order valence-electron chi connectivity index (χ3n) is 4.26. The van der Waals surface area contributed by atoms with E-state index >= 15 is 0 Å². The zero-order valence-corrected chi connectivity index (χ0v) is 13.5. The van der Waals surface area contributed by atoms with Gasteiger partial charge in [-0.15, -0.1) is 0 Å². The number of Topliss-reactive ketones (excluding diaryl/α,β-unsaturated/α-hetero) is 1. The van der Waals surface area contributed by atoms with Gasteiger partial charge in [0.1, 0.15) is 5.78 Å². The van der Waals surface area contributed by atoms with Crippen LogP contribution in [0.1, 0.15) is 46.5 Å². The zero-order valence-electron chi connectivity index (χ0n) is 12.7. The predicted molar refractivity (Wildman–Crippen MR) is 81.2 cm³/mol. The first-order valence-electron chi connectivity index (χ1n) is 7.11. The van der Waals surface area contributed by atoms with Crippen LogP contribution >= 0.6 is 11.8 Å². The zero-order chi connectivity index (χ0) is 13.8. The molecule has 0 aromatic rings. The lowest BCUT2D eigenvalue weighted by atomic mass is 9.71. The Labute approximate surface area is 117 Å². The van der Waals surface area contributed by atoms with Crippen LogP contribution in [0.4, 0.5) is 0 Å². The van der Waals surface area contributed by atoms with Gasteiger partial charge in [0.2, 0.25) is 0 Å². The number of carbonyl (C=O) groups is 1. The van der Waals surface area contributed by atoms with Gasteiger partial charge in [0.25, 0.3) is 0 Å². The number of nitrogens with zero attached hydrogens (tertiary/aromatic N) is 1. The van der Waals surface area contributed by atoms with Gasteiger partial charge < -0.3 is 4.90 Å². The summed E-state index contributed by atoms with van der Waals surface area (Å²) in [4.78, 5) is 14.5. The first-order valence-corrected chi connectivity index (χ1v) is 8.51. The van der Waals surface area contributed by atoms with Crippen LogP contribution in [-0.4, -0.2) is 42.3 Å². The molecular formula is C15H29NOS. The van der Waals surface area contributed by atoms with Crippen molar-refractivity contribution >= 4 is 17.5 Å². The monoisotopic (exact) mass is 271 g/mol. The molecule has 0 N–H and O–H groups in total. The predicted octanol–water partition coefficient (Wildman–Crippen LogP) is 3.46. The summed E-state index contributed by atoms with van der Waals surface area (Å²) in [7, 11) is 2.18. The van der Waals surface area contributed by atoms with Gasteiger partial charge in [-0.1, -0.05) is 20.8 Å². The van der Waals surface area contributed by atoms with E-state index < -0.39 is 0 Å². The average molecular weight is 271 g/mol. The van der Waals surface area contributed by atoms with E-state index in [1.165, 1.54) is 6.42 Å². The molecule has 0 aromatic heterocycles. The number of carbonyl (C=O) groups excluding carboxylic acids is 1. The van der Waals surface area contributed by atoms with E-state index in [1.807, 2.05) is 11.8 Å². The Morgan fingerprint density at radius 2 is 2.17 bits per heavy atom. The van der Waals surface area contributed by atoms with Gasteiger partial charge in [0.15, 0.2) is 0 Å². The fraction of sp³-hybridized carbons (Fsp3) is 0.933. The van der Waals surface area contributed by atoms with Crippen LogP contribution in [0.25, 0.3) is 0 Å². The van der Waals surface area contributed by atoms with Crippen LogP contribution in [0.5, 0.6) is 0 Å². The highest BCUT2D eigenvalue weighted by Gasteiger charge is 2.34. The van der Waals surface area contributed by atoms with E-state index in [9.17, 15) is 4.79 Å². The SMILES string of the molecule is CCC(CSC)N(C)CC1CC(C)(C)CCC1=O. The van der Waals surface area contributed by atoms with Crippen LogP contribution in [0, 0.1) is 11.3 Å². The molecule has 1 fully saturated rings. The van der Waals surface area contributed by atoms with Gasteiger partial charge in [-0.25, -0.2) is 0 Å². The minimum atomic E-state index is 0.259. The Morgan fingerprint density at radius 1 is 1.50 bits per heavy atom. The molecule has 2 nitrogen and oxygen atoms in total. The molecule has 0 aliphatic heterocycles. The third-order valence-corrected chi connectivity index (χ3v) is 4.98. The van der Waals surface area contributed by atoms with E-state index in [-0.39, 0.29) is 5.92 Å². The molecule has 0 heterocycles. The Kier molecular flexibility index (Phi) is 6.19. The summed E-state index contributed by atoms with van der Waals surface area (Å²) in [6.07, 6.45) is 6.23. The summed E-state index contributed by atoms with van der Waals surface area (Å²) in [6.45, 7) is 7.78. The number of rotatable bonds is 6. The van der Waals surface area contributed by atoms with Crippen molar-refractivity contribution in [2.45, 2.75) is 52.5 Å². The molecule has 0 saturated heterocycles. The Hall–Kier alpha value is -0.0200. The Balaban J connectivity index is 2.56. The second-order valence-electron chi connectivity index (χ2n) is 6.49. The van der Waals surface area contributed by atoms with Crippen LogP contribution in [0.15, 0.2) is 0 Å². The van der Waals surface area contributed by atoms with Gasteiger partial charge >= 0.3 is 0 Å². The maximum absolute atomic E-state index is 12.1. The highest BCUT2D eigenvalue weighted by Crippen LogP contribution is 2.37. The van der Waals surface area contributed by atoms with Gasteiger partial charge in [-0.05, 0) is 38.0 Å². The fourth-order valence-electron chi connectivity index (χ4n) is 2.96. The second kappa shape index (κ2) is 6.95. The van der Waals surface area contributed by atoms with E-state index in [0.29, 0.717) is 17.2 Å². The summed E-state index contributed by atoms with van der Waals surface area (Å²) in [6, 6.07) is 0.609. The van der Waals surface area contributed by atoms with Gasteiger partial charge in [-0.3, -0.25) is 4.79 Å². The van der Waals surface area contributed by atoms with Crippen molar-refractivity contribution in [1.29, 1.82) is 0 Å². The lowest BCUT2D eigenvalue weighted by Gasteiger charge is -2.37. The van der Waals surface area contributed by atoms with Crippen molar-refractivity contribution < 1.29 is 4.79 Å². The maximum atomic E-state index is 12.1. The summed E-state index contributed by atoms with van der Waals surface area (Å²) in [5.41, 5.74) is 0.348. The summed E-state index contributed by atoms with van der Waals surface area (Å²) >= 11 is 1.90. The molecule has 2 atom stereocenters. The van der Waals surface area contributed by atoms with E-state index in [1.54, 1.807) is 0 Å². The van der Waals surface area contributed by atoms with Gasteiger partial charge in [0.05, 0.1) is 0 Å². The van der Waals surface area contributed by atoms with Gasteiger partial charge in [0, 0.05) is 30.7 Å². The molecule has 106 valence electrons. The van der Waals surface area contributed by atoms with Crippen LogP contribution in [0.3, 0.4) is 0 Å². The smallest absolute Gasteiger partial charge is 0.137 e. The van der Waals surface area contributed by atoms with Crippen molar-refractivity contribution in [2.75, 3.05) is 25.6 Å². The number of hydrogen-bond donors (Lipinski definition) is 0. The minimum absolute atomic E-state index is 0.259. The molecule has 1 saturated carbocycles. The maximum Gasteiger partial charge on any atom is 0.137 e. The summed E-state index contributed by atoms with van der Waals surface area (Å²) < 4.78 is 0. The number of hydrogen-bond acceptors (Lipinski definition) is 3. The lowest BCUT2D eigenvalue weighted by molar-refractivity contribution is -0.127. The Morgan fingerprint density at radius 3 is 2.72 bits per heavy atom. The molecule has 0 aromatic carbocycles. The lowest BCUT2D eigenvalue weighted by Crippen LogP contribution is -2.42. The van der Waals surface area contributed by atoms with E-state index in [0.717, 1.165) is 31.6 Å². The molecule has 2 unspecified atom stereocenters. The molecule has 1 aliphatic carbocycles. The highest BCUT2D eigenvalue weighted by atomic mass is 32.2. The van der Waals surface area contributed by atoms with Crippen molar-refractivity contribution in [3.05, 3.63) is 0 Å². The fourth-order valence-corrected chi connectivity index (χ4v) is 3.84. The molecule has 0 spiro atoms. The third kappa shape index (κ3) is 4.58. The van der Waals surface area contributed by atoms with Crippen molar-refractivity contribution in [3.63, 3.8) is 0 Å². The molecule has 0 radical (unpaired) electrons. The molecule has 0 amide bonds. The normalized spacial score (nSPS) is 25.4. The summed E-state index contributed by atoms with van der Waals surface area (Å²) in [5, 5.41) is 0. The average Bonchev–Trinajstić information content (AvgIpc) is 2.30. The van der Waals surface area contributed by atoms with Crippen molar-refractivity contribution in [1.82, 2.24) is 4.90 Å². The quantitative estimate of drug-likeness (QED) is 0.738. The van der Waals surface area contributed by atoms with Crippen molar-refractivity contribution in [2.24, 2.45) is 11.3 Å². The van der Waals surface area contributed by atoms with E-state index in [2.05, 4.69) is 39.0 Å². The highest BCUT2D eigenvalue weighted by molar-refractivity contribution is 7.98. The molecule has 18 heavy (non-hydrogen) atoms. The Bertz CT molecular complexity index is 278. The molecule has 0 bridgehead atoms.